The molecule has 12 aromatic rings. The van der Waals surface area contributed by atoms with E-state index in [4.69, 9.17) is 19.4 Å². The topological polar surface area (TPSA) is 61.7 Å². The summed E-state index contributed by atoms with van der Waals surface area (Å²) in [7, 11) is 0. The number of hydrogen-bond acceptors (Lipinski definition) is 4. The molecular weight excluding hydrogens is 675 g/mol. The maximum atomic E-state index is 6.21. The number of rotatable bonds is 4. The zero-order chi connectivity index (χ0) is 36.0. The molecule has 0 amide bonds. The second kappa shape index (κ2) is 11.5. The number of nitrogens with zero attached hydrogens (tertiary/aromatic N) is 5. The molecule has 0 aliphatic carbocycles. The molecule has 6 heteroatoms. The Morgan fingerprint density at radius 1 is 0.364 bits per heavy atom. The number of para-hydroxylation sites is 4. The van der Waals surface area contributed by atoms with Gasteiger partial charge in [-0.15, -0.1) is 0 Å². The van der Waals surface area contributed by atoms with Crippen LogP contribution < -0.4 is 0 Å². The standard InChI is InChI=1S/C49H29N5O/c1-2-14-33-30(12-1)13-11-19-39(33)48-50-47(51-49(52-48)54-42-21-8-4-15-34(42)35-16-5-9-22-43(35)54)31-24-26-37-36-17-3-7-20-41(36)53(44(37)28-31)32-25-27-46-40(29-32)38-18-6-10-23-45(38)55-46/h1-29H. The minimum atomic E-state index is 0.572. The van der Waals surface area contributed by atoms with Crippen LogP contribution in [0.2, 0.25) is 0 Å². The number of fused-ring (bicyclic) bond motifs is 10. The maximum absolute atomic E-state index is 6.21. The quantitative estimate of drug-likeness (QED) is 0.183. The van der Waals surface area contributed by atoms with Crippen LogP contribution in [0.3, 0.4) is 0 Å². The molecule has 0 saturated heterocycles. The van der Waals surface area contributed by atoms with Crippen molar-refractivity contribution in [1.29, 1.82) is 0 Å². The van der Waals surface area contributed by atoms with Gasteiger partial charge < -0.3 is 8.98 Å². The molecule has 0 saturated carbocycles. The second-order valence-electron chi connectivity index (χ2n) is 14.0. The first-order valence-electron chi connectivity index (χ1n) is 18.4. The molecule has 8 aromatic carbocycles. The van der Waals surface area contributed by atoms with Crippen LogP contribution in [-0.2, 0) is 0 Å². The molecule has 0 radical (unpaired) electrons. The van der Waals surface area contributed by atoms with E-state index in [2.05, 4.69) is 173 Å². The van der Waals surface area contributed by atoms with E-state index >= 15 is 0 Å². The van der Waals surface area contributed by atoms with Gasteiger partial charge in [0.05, 0.1) is 22.1 Å². The smallest absolute Gasteiger partial charge is 0.238 e. The van der Waals surface area contributed by atoms with E-state index in [9.17, 15) is 0 Å². The van der Waals surface area contributed by atoms with Gasteiger partial charge in [-0.1, -0.05) is 127 Å². The van der Waals surface area contributed by atoms with Crippen molar-refractivity contribution >= 4 is 76.3 Å². The van der Waals surface area contributed by atoms with Crippen molar-refractivity contribution in [1.82, 2.24) is 24.1 Å². The first kappa shape index (κ1) is 29.9. The summed E-state index contributed by atoms with van der Waals surface area (Å²) in [6.07, 6.45) is 0. The van der Waals surface area contributed by atoms with E-state index in [-0.39, 0.29) is 0 Å². The molecule has 0 N–H and O–H groups in total. The van der Waals surface area contributed by atoms with Crippen LogP contribution in [0.5, 0.6) is 0 Å². The summed E-state index contributed by atoms with van der Waals surface area (Å²) in [6, 6.07) is 61.5. The highest BCUT2D eigenvalue weighted by atomic mass is 16.3. The molecule has 256 valence electrons. The van der Waals surface area contributed by atoms with Gasteiger partial charge in [0.2, 0.25) is 5.95 Å². The average Bonchev–Trinajstić information content (AvgIpc) is 3.90. The van der Waals surface area contributed by atoms with Crippen molar-refractivity contribution in [3.63, 3.8) is 0 Å². The van der Waals surface area contributed by atoms with Crippen LogP contribution in [0.4, 0.5) is 0 Å². The SMILES string of the molecule is c1ccc2c(-c3nc(-c4ccc5c6ccccc6n(-c6ccc7oc8ccccc8c7c6)c5c4)nc(-n4c5ccccc5c5ccccc54)n3)cccc2c1. The third-order valence-electron chi connectivity index (χ3n) is 11.0. The number of furan rings is 1. The van der Waals surface area contributed by atoms with Gasteiger partial charge in [0.15, 0.2) is 11.6 Å². The Bertz CT molecular complexity index is 3460. The number of aromatic nitrogens is 5. The normalized spacial score (nSPS) is 12.0. The lowest BCUT2D eigenvalue weighted by Gasteiger charge is -2.13. The van der Waals surface area contributed by atoms with Gasteiger partial charge in [-0.2, -0.15) is 9.97 Å². The summed E-state index contributed by atoms with van der Waals surface area (Å²) < 4.78 is 10.7. The van der Waals surface area contributed by atoms with Crippen LogP contribution in [0, 0.1) is 0 Å². The fraction of sp³-hybridized carbons (Fsp3) is 0. The average molecular weight is 704 g/mol. The third-order valence-corrected chi connectivity index (χ3v) is 11.0. The van der Waals surface area contributed by atoms with Gasteiger partial charge >= 0.3 is 0 Å². The Kier molecular flexibility index (Phi) is 6.24. The Hall–Kier alpha value is -7.57. The van der Waals surface area contributed by atoms with E-state index in [1.165, 1.54) is 5.39 Å². The van der Waals surface area contributed by atoms with Gasteiger partial charge in [-0.3, -0.25) is 4.57 Å². The Morgan fingerprint density at radius 2 is 0.945 bits per heavy atom. The van der Waals surface area contributed by atoms with E-state index in [0.29, 0.717) is 17.6 Å². The molecule has 0 fully saturated rings. The summed E-state index contributed by atoms with van der Waals surface area (Å²) >= 11 is 0. The summed E-state index contributed by atoms with van der Waals surface area (Å²) in [5.41, 5.74) is 8.95. The van der Waals surface area contributed by atoms with Crippen molar-refractivity contribution in [3.05, 3.63) is 176 Å². The van der Waals surface area contributed by atoms with Crippen LogP contribution >= 0.6 is 0 Å². The zero-order valence-corrected chi connectivity index (χ0v) is 29.4. The highest BCUT2D eigenvalue weighted by Gasteiger charge is 2.20. The highest BCUT2D eigenvalue weighted by Crippen LogP contribution is 2.38. The van der Waals surface area contributed by atoms with Gasteiger partial charge in [0.1, 0.15) is 11.2 Å². The summed E-state index contributed by atoms with van der Waals surface area (Å²) in [6.45, 7) is 0. The van der Waals surface area contributed by atoms with E-state index in [1.807, 2.05) is 12.1 Å². The molecule has 55 heavy (non-hydrogen) atoms. The molecular formula is C49H29N5O. The fourth-order valence-corrected chi connectivity index (χ4v) is 8.51. The lowest BCUT2D eigenvalue weighted by molar-refractivity contribution is 0.669. The fourth-order valence-electron chi connectivity index (χ4n) is 8.51. The predicted octanol–water partition coefficient (Wildman–Crippen LogP) is 12.5. The molecule has 0 bridgehead atoms. The molecule has 0 aliphatic rings. The van der Waals surface area contributed by atoms with E-state index in [1.54, 1.807) is 0 Å². The molecule has 12 rings (SSSR count). The van der Waals surface area contributed by atoms with Crippen LogP contribution in [0.1, 0.15) is 0 Å². The summed E-state index contributed by atoms with van der Waals surface area (Å²) in [5, 5.41) is 9.05. The Morgan fingerprint density at radius 3 is 1.71 bits per heavy atom. The first-order chi connectivity index (χ1) is 27.3. The second-order valence-corrected chi connectivity index (χ2v) is 14.0. The monoisotopic (exact) mass is 703 g/mol. The Labute approximate surface area is 314 Å². The molecule has 0 aliphatic heterocycles. The predicted molar refractivity (Wildman–Crippen MR) is 224 cm³/mol. The van der Waals surface area contributed by atoms with E-state index < -0.39 is 0 Å². The van der Waals surface area contributed by atoms with Crippen molar-refractivity contribution in [2.75, 3.05) is 0 Å². The number of benzene rings is 8. The lowest BCUT2D eigenvalue weighted by atomic mass is 10.0. The van der Waals surface area contributed by atoms with Gasteiger partial charge in [-0.05, 0) is 59.3 Å². The van der Waals surface area contributed by atoms with Crippen molar-refractivity contribution < 1.29 is 4.42 Å². The van der Waals surface area contributed by atoms with Gasteiger partial charge in [0, 0.05) is 49.1 Å². The van der Waals surface area contributed by atoms with Crippen molar-refractivity contribution in [2.45, 2.75) is 0 Å². The zero-order valence-electron chi connectivity index (χ0n) is 29.4. The molecule has 4 heterocycles. The Balaban J connectivity index is 1.14. The van der Waals surface area contributed by atoms with Crippen LogP contribution in [0.15, 0.2) is 180 Å². The molecule has 6 nitrogen and oxygen atoms in total. The third kappa shape index (κ3) is 4.46. The largest absolute Gasteiger partial charge is 0.456 e. The highest BCUT2D eigenvalue weighted by molar-refractivity contribution is 6.12. The van der Waals surface area contributed by atoms with Gasteiger partial charge in [-0.25, -0.2) is 4.98 Å². The lowest BCUT2D eigenvalue weighted by Crippen LogP contribution is -2.06. The van der Waals surface area contributed by atoms with Crippen LogP contribution in [-0.4, -0.2) is 24.1 Å². The minimum absolute atomic E-state index is 0.572. The summed E-state index contributed by atoms with van der Waals surface area (Å²) in [5.74, 6) is 1.80. The molecule has 0 unspecified atom stereocenters. The maximum Gasteiger partial charge on any atom is 0.238 e. The van der Waals surface area contributed by atoms with Crippen LogP contribution in [0.25, 0.3) is 111 Å². The van der Waals surface area contributed by atoms with E-state index in [0.717, 1.165) is 87.8 Å². The minimum Gasteiger partial charge on any atom is -0.456 e. The first-order valence-corrected chi connectivity index (χ1v) is 18.4. The number of hydrogen-bond donors (Lipinski definition) is 0. The molecule has 0 spiro atoms. The van der Waals surface area contributed by atoms with Crippen molar-refractivity contribution in [3.8, 4) is 34.4 Å². The van der Waals surface area contributed by atoms with Crippen molar-refractivity contribution in [2.24, 2.45) is 0 Å². The van der Waals surface area contributed by atoms with Gasteiger partial charge in [0.25, 0.3) is 0 Å². The molecule has 4 aromatic heterocycles. The summed E-state index contributed by atoms with van der Waals surface area (Å²) in [4.78, 5) is 15.8. The molecule has 0 atom stereocenters.